The van der Waals surface area contributed by atoms with E-state index in [-0.39, 0.29) is 22.3 Å². The minimum absolute atomic E-state index is 0.156. The van der Waals surface area contributed by atoms with Crippen LogP contribution in [0.1, 0.15) is 23.7 Å². The summed E-state index contributed by atoms with van der Waals surface area (Å²) in [6.07, 6.45) is -0.156. The maximum absolute atomic E-state index is 12.5. The van der Waals surface area contributed by atoms with Crippen molar-refractivity contribution >= 4 is 44.4 Å². The third kappa shape index (κ3) is 6.16. The molecule has 162 valence electrons. The number of rotatable bonds is 9. The van der Waals surface area contributed by atoms with Gasteiger partial charge in [0, 0.05) is 17.7 Å². The van der Waals surface area contributed by atoms with Gasteiger partial charge in [-0.25, -0.2) is 8.42 Å². The van der Waals surface area contributed by atoms with Gasteiger partial charge in [0.2, 0.25) is 5.91 Å². The second kappa shape index (κ2) is 10.2. The van der Waals surface area contributed by atoms with Gasteiger partial charge in [0.15, 0.2) is 9.84 Å². The summed E-state index contributed by atoms with van der Waals surface area (Å²) in [5.41, 5.74) is 1.45. The highest BCUT2D eigenvalue weighted by Crippen LogP contribution is 2.24. The Morgan fingerprint density at radius 3 is 2.39 bits per heavy atom. The van der Waals surface area contributed by atoms with Crippen molar-refractivity contribution in [3.05, 3.63) is 71.6 Å². The fourth-order valence-electron chi connectivity index (χ4n) is 2.74. The highest BCUT2D eigenvalue weighted by molar-refractivity contribution is 7.93. The molecule has 7 nitrogen and oxygen atoms in total. The molecular weight excluding hydrogens is 436 g/mol. The van der Waals surface area contributed by atoms with E-state index in [0.29, 0.717) is 29.3 Å². The van der Waals surface area contributed by atoms with Gasteiger partial charge in [0.1, 0.15) is 9.96 Å². The zero-order valence-corrected chi connectivity index (χ0v) is 18.5. The second-order valence-electron chi connectivity index (χ2n) is 6.51. The van der Waals surface area contributed by atoms with Gasteiger partial charge in [0.25, 0.3) is 5.91 Å². The number of ether oxygens (including phenoxy) is 1. The van der Waals surface area contributed by atoms with E-state index in [1.807, 2.05) is 13.0 Å². The molecule has 9 heteroatoms. The molecule has 0 radical (unpaired) electrons. The van der Waals surface area contributed by atoms with Gasteiger partial charge >= 0.3 is 0 Å². The second-order valence-corrected chi connectivity index (χ2v) is 9.79. The minimum atomic E-state index is -3.47. The average molecular weight is 459 g/mol. The molecule has 1 aromatic heterocycles. The fraction of sp³-hybridized carbons (Fsp3) is 0.182. The summed E-state index contributed by atoms with van der Waals surface area (Å²) in [4.78, 5) is 24.6. The molecule has 0 aliphatic carbocycles. The van der Waals surface area contributed by atoms with E-state index in [4.69, 9.17) is 4.74 Å². The predicted molar refractivity (Wildman–Crippen MR) is 122 cm³/mol. The number of amides is 2. The molecule has 0 bridgehead atoms. The molecule has 0 saturated carbocycles. The van der Waals surface area contributed by atoms with Crippen molar-refractivity contribution in [2.24, 2.45) is 0 Å². The van der Waals surface area contributed by atoms with Crippen LogP contribution in [-0.2, 0) is 14.6 Å². The Bertz CT molecular complexity index is 1140. The SMILES string of the molecule is CCOc1ccccc1NC(=O)c1ccc(NC(=O)CCS(=O)(=O)c2cccs2)cc1. The number of hydrogen-bond donors (Lipinski definition) is 2. The van der Waals surface area contributed by atoms with Gasteiger partial charge in [-0.3, -0.25) is 9.59 Å². The predicted octanol–water partition coefficient (Wildman–Crippen LogP) is 4.20. The molecule has 0 unspecified atom stereocenters. The summed E-state index contributed by atoms with van der Waals surface area (Å²) >= 11 is 1.13. The Hall–Kier alpha value is -3.17. The first-order valence-corrected chi connectivity index (χ1v) is 12.1. The molecule has 2 aromatic carbocycles. The first-order valence-electron chi connectivity index (χ1n) is 9.58. The van der Waals surface area contributed by atoms with Crippen LogP contribution in [0.25, 0.3) is 0 Å². The van der Waals surface area contributed by atoms with E-state index < -0.39 is 15.7 Å². The highest BCUT2D eigenvalue weighted by Gasteiger charge is 2.17. The van der Waals surface area contributed by atoms with Crippen molar-refractivity contribution < 1.29 is 22.7 Å². The first kappa shape index (κ1) is 22.5. The molecule has 0 fully saturated rings. The van der Waals surface area contributed by atoms with Crippen LogP contribution in [0.4, 0.5) is 11.4 Å². The number of para-hydroxylation sites is 2. The summed E-state index contributed by atoms with van der Waals surface area (Å²) in [6, 6.07) is 16.7. The maximum atomic E-state index is 12.5. The monoisotopic (exact) mass is 458 g/mol. The van der Waals surface area contributed by atoms with Crippen molar-refractivity contribution in [1.82, 2.24) is 0 Å². The minimum Gasteiger partial charge on any atom is -0.492 e. The summed E-state index contributed by atoms with van der Waals surface area (Å²) in [5, 5.41) is 7.14. The standard InChI is InChI=1S/C22H22N2O5S2/c1-2-29-19-7-4-3-6-18(19)24-22(26)16-9-11-17(12-10-16)23-20(25)13-15-31(27,28)21-8-5-14-30-21/h3-12,14H,2,13,15H2,1H3,(H,23,25)(H,24,26). The van der Waals surface area contributed by atoms with Gasteiger partial charge in [-0.2, -0.15) is 0 Å². The third-order valence-corrected chi connectivity index (χ3v) is 7.47. The summed E-state index contributed by atoms with van der Waals surface area (Å²) in [7, 11) is -3.47. The number of hydrogen-bond acceptors (Lipinski definition) is 6. The Kier molecular flexibility index (Phi) is 7.43. The Balaban J connectivity index is 1.56. The zero-order chi connectivity index (χ0) is 22.3. The van der Waals surface area contributed by atoms with Gasteiger partial charge in [0.05, 0.1) is 18.0 Å². The molecule has 0 aliphatic heterocycles. The van der Waals surface area contributed by atoms with Crippen LogP contribution in [0.2, 0.25) is 0 Å². The van der Waals surface area contributed by atoms with Crippen molar-refractivity contribution in [3.8, 4) is 5.75 Å². The van der Waals surface area contributed by atoms with Crippen LogP contribution in [0.15, 0.2) is 70.3 Å². The van der Waals surface area contributed by atoms with Gasteiger partial charge < -0.3 is 15.4 Å². The lowest BCUT2D eigenvalue weighted by Gasteiger charge is -2.11. The topological polar surface area (TPSA) is 102 Å². The summed E-state index contributed by atoms with van der Waals surface area (Å²) in [6.45, 7) is 2.35. The van der Waals surface area contributed by atoms with Crippen LogP contribution in [-0.4, -0.2) is 32.6 Å². The van der Waals surface area contributed by atoms with Crippen molar-refractivity contribution in [3.63, 3.8) is 0 Å². The number of nitrogens with one attached hydrogen (secondary N) is 2. The van der Waals surface area contributed by atoms with E-state index >= 15 is 0 Å². The lowest BCUT2D eigenvalue weighted by Crippen LogP contribution is -2.17. The smallest absolute Gasteiger partial charge is 0.255 e. The molecule has 2 amide bonds. The zero-order valence-electron chi connectivity index (χ0n) is 16.8. The Morgan fingerprint density at radius 1 is 0.968 bits per heavy atom. The van der Waals surface area contributed by atoms with Crippen molar-refractivity contribution in [1.29, 1.82) is 0 Å². The van der Waals surface area contributed by atoms with Crippen LogP contribution in [0.3, 0.4) is 0 Å². The molecule has 0 spiro atoms. The average Bonchev–Trinajstić information content (AvgIpc) is 3.30. The van der Waals surface area contributed by atoms with E-state index in [0.717, 1.165) is 11.3 Å². The lowest BCUT2D eigenvalue weighted by atomic mass is 10.2. The number of benzene rings is 2. The number of anilines is 2. The molecule has 0 aliphatic rings. The van der Waals surface area contributed by atoms with Gasteiger partial charge in [-0.1, -0.05) is 18.2 Å². The fourth-order valence-corrected chi connectivity index (χ4v) is 5.13. The van der Waals surface area contributed by atoms with Crippen LogP contribution in [0, 0.1) is 0 Å². The van der Waals surface area contributed by atoms with Crippen molar-refractivity contribution in [2.75, 3.05) is 23.0 Å². The number of sulfone groups is 1. The molecular formula is C22H22N2O5S2. The normalized spacial score (nSPS) is 11.0. The number of thiophene rings is 1. The number of carbonyl (C=O) groups excluding carboxylic acids is 2. The van der Waals surface area contributed by atoms with E-state index in [1.54, 1.807) is 53.9 Å². The number of carbonyl (C=O) groups is 2. The first-order chi connectivity index (χ1) is 14.9. The molecule has 0 atom stereocenters. The summed E-state index contributed by atoms with van der Waals surface area (Å²) in [5.74, 6) is -0.409. The van der Waals surface area contributed by atoms with E-state index in [9.17, 15) is 18.0 Å². The quantitative estimate of drug-likeness (QED) is 0.500. The molecule has 2 N–H and O–H groups in total. The highest BCUT2D eigenvalue weighted by atomic mass is 32.2. The molecule has 31 heavy (non-hydrogen) atoms. The Labute approximate surface area is 185 Å². The van der Waals surface area contributed by atoms with Gasteiger partial charge in [-0.05, 0) is 54.8 Å². The van der Waals surface area contributed by atoms with Gasteiger partial charge in [-0.15, -0.1) is 11.3 Å². The van der Waals surface area contributed by atoms with E-state index in [1.165, 1.54) is 6.07 Å². The third-order valence-electron chi connectivity index (χ3n) is 4.27. The largest absolute Gasteiger partial charge is 0.492 e. The van der Waals surface area contributed by atoms with E-state index in [2.05, 4.69) is 10.6 Å². The van der Waals surface area contributed by atoms with Crippen LogP contribution >= 0.6 is 11.3 Å². The van der Waals surface area contributed by atoms with Crippen LogP contribution in [0.5, 0.6) is 5.75 Å². The summed E-state index contributed by atoms with van der Waals surface area (Å²) < 4.78 is 30.1. The molecule has 1 heterocycles. The maximum Gasteiger partial charge on any atom is 0.255 e. The molecule has 3 rings (SSSR count). The Morgan fingerprint density at radius 2 is 1.71 bits per heavy atom. The molecule has 3 aromatic rings. The molecule has 0 saturated heterocycles. The van der Waals surface area contributed by atoms with Crippen LogP contribution < -0.4 is 15.4 Å². The lowest BCUT2D eigenvalue weighted by molar-refractivity contribution is -0.115. The van der Waals surface area contributed by atoms with Crippen molar-refractivity contribution in [2.45, 2.75) is 17.6 Å².